The van der Waals surface area contributed by atoms with Crippen molar-refractivity contribution >= 4 is 5.78 Å². The molecule has 0 aliphatic heterocycles. The summed E-state index contributed by atoms with van der Waals surface area (Å²) in [6, 6.07) is 0.893. The molecule has 0 saturated carbocycles. The molecule has 0 aliphatic carbocycles. The van der Waals surface area contributed by atoms with E-state index in [0.29, 0.717) is 5.56 Å². The molecule has 0 unspecified atom stereocenters. The summed E-state index contributed by atoms with van der Waals surface area (Å²) in [6.07, 6.45) is -4.47. The standard InChI is InChI=1S/C10H10F3NO/c1-5-4-8(10(11,12)13)14-6(2)9(5)7(3)15/h4H,1-3H3. The van der Waals surface area contributed by atoms with Crippen molar-refractivity contribution in [1.82, 2.24) is 4.98 Å². The summed E-state index contributed by atoms with van der Waals surface area (Å²) in [5.41, 5.74) is -0.261. The van der Waals surface area contributed by atoms with E-state index in [1.54, 1.807) is 0 Å². The SMILES string of the molecule is CC(=O)c1c(C)cc(C(F)(F)F)nc1C. The molecule has 0 fully saturated rings. The van der Waals surface area contributed by atoms with Gasteiger partial charge < -0.3 is 0 Å². The van der Waals surface area contributed by atoms with Gasteiger partial charge in [0.25, 0.3) is 0 Å². The summed E-state index contributed by atoms with van der Waals surface area (Å²) in [4.78, 5) is 14.5. The van der Waals surface area contributed by atoms with Gasteiger partial charge in [-0.15, -0.1) is 0 Å². The molecule has 0 aromatic carbocycles. The minimum atomic E-state index is -4.47. The van der Waals surface area contributed by atoms with Gasteiger partial charge in [-0.1, -0.05) is 0 Å². The second kappa shape index (κ2) is 3.64. The molecule has 5 heteroatoms. The van der Waals surface area contributed by atoms with Crippen LogP contribution >= 0.6 is 0 Å². The maximum atomic E-state index is 12.3. The Morgan fingerprint density at radius 2 is 1.87 bits per heavy atom. The lowest BCUT2D eigenvalue weighted by Gasteiger charge is -2.11. The Morgan fingerprint density at radius 1 is 1.33 bits per heavy atom. The van der Waals surface area contributed by atoms with E-state index in [1.165, 1.54) is 20.8 Å². The third kappa shape index (κ3) is 2.34. The highest BCUT2D eigenvalue weighted by atomic mass is 19.4. The molecule has 0 atom stereocenters. The van der Waals surface area contributed by atoms with Gasteiger partial charge in [0.1, 0.15) is 5.69 Å². The summed E-state index contributed by atoms with van der Waals surface area (Å²) >= 11 is 0. The molecule has 0 radical (unpaired) electrons. The number of pyridine rings is 1. The highest BCUT2D eigenvalue weighted by molar-refractivity contribution is 5.96. The zero-order valence-electron chi connectivity index (χ0n) is 8.57. The van der Waals surface area contributed by atoms with Crippen LogP contribution < -0.4 is 0 Å². The van der Waals surface area contributed by atoms with Crippen molar-refractivity contribution in [3.8, 4) is 0 Å². The minimum absolute atomic E-state index is 0.120. The van der Waals surface area contributed by atoms with E-state index in [4.69, 9.17) is 0 Å². The molecular weight excluding hydrogens is 207 g/mol. The molecule has 0 spiro atoms. The predicted octanol–water partition coefficient (Wildman–Crippen LogP) is 2.92. The van der Waals surface area contributed by atoms with Gasteiger partial charge >= 0.3 is 6.18 Å². The van der Waals surface area contributed by atoms with Gasteiger partial charge in [0, 0.05) is 11.3 Å². The molecule has 0 amide bonds. The van der Waals surface area contributed by atoms with Crippen LogP contribution in [0.25, 0.3) is 0 Å². The molecule has 2 nitrogen and oxygen atoms in total. The first-order valence-corrected chi connectivity index (χ1v) is 4.30. The van der Waals surface area contributed by atoms with Crippen molar-refractivity contribution in [3.05, 3.63) is 28.6 Å². The average Bonchev–Trinajstić information content (AvgIpc) is 1.99. The van der Waals surface area contributed by atoms with Gasteiger partial charge in [0.2, 0.25) is 0 Å². The number of carbonyl (C=O) groups is 1. The van der Waals surface area contributed by atoms with Crippen LogP contribution in [-0.4, -0.2) is 10.8 Å². The number of alkyl halides is 3. The Bertz CT molecular complexity index is 387. The molecule has 1 rings (SSSR count). The highest BCUT2D eigenvalue weighted by Gasteiger charge is 2.33. The molecule has 0 aliphatic rings. The molecule has 0 N–H and O–H groups in total. The van der Waals surface area contributed by atoms with Gasteiger partial charge in [-0.25, -0.2) is 4.98 Å². The average molecular weight is 217 g/mol. The van der Waals surface area contributed by atoms with Crippen molar-refractivity contribution in [1.29, 1.82) is 0 Å². The Morgan fingerprint density at radius 3 is 2.20 bits per heavy atom. The Hall–Kier alpha value is -1.39. The van der Waals surface area contributed by atoms with E-state index in [0.717, 1.165) is 6.07 Å². The number of hydrogen-bond donors (Lipinski definition) is 0. The number of rotatable bonds is 1. The van der Waals surface area contributed by atoms with Crippen LogP contribution in [-0.2, 0) is 6.18 Å². The topological polar surface area (TPSA) is 30.0 Å². The molecule has 0 saturated heterocycles. The lowest BCUT2D eigenvalue weighted by molar-refractivity contribution is -0.141. The largest absolute Gasteiger partial charge is 0.433 e. The minimum Gasteiger partial charge on any atom is -0.294 e. The first-order valence-electron chi connectivity index (χ1n) is 4.30. The number of hydrogen-bond acceptors (Lipinski definition) is 2. The lowest BCUT2D eigenvalue weighted by Crippen LogP contribution is -2.12. The van der Waals surface area contributed by atoms with Crippen LogP contribution in [0.2, 0.25) is 0 Å². The van der Waals surface area contributed by atoms with Gasteiger partial charge in [0.05, 0.1) is 0 Å². The van der Waals surface area contributed by atoms with Crippen LogP contribution in [0.3, 0.4) is 0 Å². The first kappa shape index (κ1) is 11.7. The van der Waals surface area contributed by atoms with E-state index in [-0.39, 0.29) is 17.0 Å². The van der Waals surface area contributed by atoms with E-state index in [9.17, 15) is 18.0 Å². The van der Waals surface area contributed by atoms with E-state index in [2.05, 4.69) is 4.98 Å². The number of halogens is 3. The highest BCUT2D eigenvalue weighted by Crippen LogP contribution is 2.29. The third-order valence-corrected chi connectivity index (χ3v) is 2.04. The molecule has 1 aromatic rings. The maximum absolute atomic E-state index is 12.3. The molecule has 1 aromatic heterocycles. The van der Waals surface area contributed by atoms with E-state index >= 15 is 0 Å². The fraction of sp³-hybridized carbons (Fsp3) is 0.400. The van der Waals surface area contributed by atoms with Crippen molar-refractivity contribution < 1.29 is 18.0 Å². The van der Waals surface area contributed by atoms with Crippen LogP contribution in [0.4, 0.5) is 13.2 Å². The van der Waals surface area contributed by atoms with E-state index in [1.807, 2.05) is 0 Å². The summed E-state index contributed by atoms with van der Waals surface area (Å²) in [7, 11) is 0. The molecule has 1 heterocycles. The Balaban J connectivity index is 3.39. The number of aryl methyl sites for hydroxylation is 2. The molecule has 15 heavy (non-hydrogen) atoms. The Kier molecular flexibility index (Phi) is 2.83. The van der Waals surface area contributed by atoms with Crippen LogP contribution in [0.1, 0.15) is 34.2 Å². The molecule has 0 bridgehead atoms. The van der Waals surface area contributed by atoms with Crippen molar-refractivity contribution in [3.63, 3.8) is 0 Å². The second-order valence-corrected chi connectivity index (χ2v) is 3.34. The maximum Gasteiger partial charge on any atom is 0.433 e. The monoisotopic (exact) mass is 217 g/mol. The summed E-state index contributed by atoms with van der Waals surface area (Å²) in [6.45, 7) is 4.18. The van der Waals surface area contributed by atoms with Gasteiger partial charge in [-0.2, -0.15) is 13.2 Å². The number of carbonyl (C=O) groups excluding carboxylic acids is 1. The van der Waals surface area contributed by atoms with Gasteiger partial charge in [0.15, 0.2) is 5.78 Å². The Labute approximate surface area is 85.1 Å². The number of nitrogens with zero attached hydrogens (tertiary/aromatic N) is 1. The zero-order valence-corrected chi connectivity index (χ0v) is 8.57. The second-order valence-electron chi connectivity index (χ2n) is 3.34. The number of aromatic nitrogens is 1. The third-order valence-electron chi connectivity index (χ3n) is 2.04. The van der Waals surface area contributed by atoms with Crippen molar-refractivity contribution in [2.24, 2.45) is 0 Å². The van der Waals surface area contributed by atoms with Crippen LogP contribution in [0.15, 0.2) is 6.07 Å². The number of Topliss-reactive ketones (excluding diaryl/α,β-unsaturated/α-hetero) is 1. The molecular formula is C10H10F3NO. The van der Waals surface area contributed by atoms with Crippen LogP contribution in [0, 0.1) is 13.8 Å². The zero-order chi connectivity index (χ0) is 11.8. The summed E-state index contributed by atoms with van der Waals surface area (Å²) in [5.74, 6) is -0.272. The van der Waals surface area contributed by atoms with Crippen LogP contribution in [0.5, 0.6) is 0 Å². The smallest absolute Gasteiger partial charge is 0.294 e. The first-order chi connectivity index (χ1) is 6.73. The predicted molar refractivity (Wildman–Crippen MR) is 48.7 cm³/mol. The quantitative estimate of drug-likeness (QED) is 0.677. The van der Waals surface area contributed by atoms with Crippen molar-refractivity contribution in [2.75, 3.05) is 0 Å². The van der Waals surface area contributed by atoms with Gasteiger partial charge in [-0.05, 0) is 32.4 Å². The normalized spacial score (nSPS) is 11.6. The lowest BCUT2D eigenvalue weighted by atomic mass is 10.0. The molecule has 82 valence electrons. The van der Waals surface area contributed by atoms with E-state index < -0.39 is 11.9 Å². The fourth-order valence-corrected chi connectivity index (χ4v) is 1.51. The summed E-state index contributed by atoms with van der Waals surface area (Å²) in [5, 5.41) is 0. The van der Waals surface area contributed by atoms with Gasteiger partial charge in [-0.3, -0.25) is 4.79 Å². The fourth-order valence-electron chi connectivity index (χ4n) is 1.51. The summed E-state index contributed by atoms with van der Waals surface area (Å²) < 4.78 is 37.0. The van der Waals surface area contributed by atoms with Crippen molar-refractivity contribution in [2.45, 2.75) is 26.9 Å². The number of ketones is 1.